The average Bonchev–Trinajstić information content (AvgIpc) is 2.89. The Hall–Kier alpha value is -1.47. The maximum absolute atomic E-state index is 12.7. The predicted octanol–water partition coefficient (Wildman–Crippen LogP) is 1.05. The van der Waals surface area contributed by atoms with E-state index in [1.807, 2.05) is 18.9 Å². The molecule has 1 aliphatic rings. The summed E-state index contributed by atoms with van der Waals surface area (Å²) in [5, 5.41) is 6.98. The molecule has 0 radical (unpaired) electrons. The van der Waals surface area contributed by atoms with E-state index in [4.69, 9.17) is 4.52 Å². The fraction of sp³-hybridized carbons (Fsp3) is 0.812. The number of carbonyl (C=O) groups excluding carboxylic acids is 1. The maximum atomic E-state index is 12.7. The second-order valence-electron chi connectivity index (χ2n) is 7.44. The summed E-state index contributed by atoms with van der Waals surface area (Å²) in [4.78, 5) is 21.1. The predicted molar refractivity (Wildman–Crippen MR) is 87.8 cm³/mol. The Bertz CT molecular complexity index is 515. The van der Waals surface area contributed by atoms with Gasteiger partial charge in [-0.15, -0.1) is 0 Å². The van der Waals surface area contributed by atoms with Crippen molar-refractivity contribution in [2.75, 3.05) is 33.2 Å². The first-order chi connectivity index (χ1) is 10.8. The number of hydrogen-bond donors (Lipinski definition) is 1. The van der Waals surface area contributed by atoms with Crippen molar-refractivity contribution in [1.82, 2.24) is 25.3 Å². The van der Waals surface area contributed by atoms with Gasteiger partial charge in [0.25, 0.3) is 0 Å². The van der Waals surface area contributed by atoms with Crippen LogP contribution in [0.5, 0.6) is 0 Å². The van der Waals surface area contributed by atoms with Crippen molar-refractivity contribution in [2.45, 2.75) is 46.7 Å². The molecule has 1 aromatic rings. The maximum Gasteiger partial charge on any atom is 0.240 e. The fourth-order valence-corrected chi connectivity index (χ4v) is 2.87. The number of nitrogens with one attached hydrogen (secondary N) is 1. The van der Waals surface area contributed by atoms with Crippen molar-refractivity contribution < 1.29 is 9.32 Å². The molecule has 7 nitrogen and oxygen atoms in total. The first-order valence-electron chi connectivity index (χ1n) is 8.26. The third-order valence-electron chi connectivity index (χ3n) is 4.08. The van der Waals surface area contributed by atoms with Gasteiger partial charge in [0.2, 0.25) is 11.8 Å². The average molecular weight is 323 g/mol. The van der Waals surface area contributed by atoms with Gasteiger partial charge < -0.3 is 14.7 Å². The molecule has 0 aromatic carbocycles. The summed E-state index contributed by atoms with van der Waals surface area (Å²) >= 11 is 0. The molecule has 130 valence electrons. The highest BCUT2D eigenvalue weighted by atomic mass is 16.5. The summed E-state index contributed by atoms with van der Waals surface area (Å²) in [5.41, 5.74) is 0.126. The molecule has 1 fully saturated rings. The molecule has 1 aliphatic heterocycles. The molecular formula is C16H29N5O2. The molecule has 23 heavy (non-hydrogen) atoms. The van der Waals surface area contributed by atoms with E-state index in [0.29, 0.717) is 18.3 Å². The lowest BCUT2D eigenvalue weighted by Crippen LogP contribution is -2.54. The van der Waals surface area contributed by atoms with Gasteiger partial charge >= 0.3 is 0 Å². The van der Waals surface area contributed by atoms with E-state index in [9.17, 15) is 4.79 Å². The van der Waals surface area contributed by atoms with E-state index in [1.54, 1.807) is 0 Å². The van der Waals surface area contributed by atoms with Gasteiger partial charge in [-0.3, -0.25) is 9.69 Å². The monoisotopic (exact) mass is 323 g/mol. The highest BCUT2D eigenvalue weighted by Crippen LogP contribution is 2.22. The fourth-order valence-electron chi connectivity index (χ4n) is 2.87. The molecule has 0 bridgehead atoms. The second-order valence-corrected chi connectivity index (χ2v) is 7.44. The normalized spacial score (nSPS) is 18.2. The summed E-state index contributed by atoms with van der Waals surface area (Å²) in [5.74, 6) is 1.51. The van der Waals surface area contributed by atoms with Gasteiger partial charge in [0, 0.05) is 26.2 Å². The summed E-state index contributed by atoms with van der Waals surface area (Å²) < 4.78 is 5.16. The van der Waals surface area contributed by atoms with Crippen molar-refractivity contribution in [3.8, 4) is 0 Å². The van der Waals surface area contributed by atoms with Crippen LogP contribution in [0.2, 0.25) is 0 Å². The van der Waals surface area contributed by atoms with E-state index in [2.05, 4.69) is 41.1 Å². The molecule has 1 aromatic heterocycles. The number of aryl methyl sites for hydroxylation is 1. The quantitative estimate of drug-likeness (QED) is 0.873. The van der Waals surface area contributed by atoms with Crippen LogP contribution in [-0.2, 0) is 11.3 Å². The van der Waals surface area contributed by atoms with Gasteiger partial charge in [0.05, 0.1) is 12.6 Å². The zero-order chi connectivity index (χ0) is 17.0. The third-order valence-corrected chi connectivity index (χ3v) is 4.08. The van der Waals surface area contributed by atoms with Crippen LogP contribution >= 0.6 is 0 Å². The van der Waals surface area contributed by atoms with E-state index < -0.39 is 0 Å². The van der Waals surface area contributed by atoms with Crippen molar-refractivity contribution in [3.05, 3.63) is 11.7 Å². The van der Waals surface area contributed by atoms with E-state index >= 15 is 0 Å². The van der Waals surface area contributed by atoms with Crippen LogP contribution in [0.1, 0.15) is 38.9 Å². The van der Waals surface area contributed by atoms with Crippen LogP contribution in [-0.4, -0.2) is 65.1 Å². The molecule has 1 atom stereocenters. The third kappa shape index (κ3) is 5.28. The number of amides is 1. The van der Waals surface area contributed by atoms with Gasteiger partial charge in [0.1, 0.15) is 0 Å². The van der Waals surface area contributed by atoms with Crippen LogP contribution in [0.15, 0.2) is 4.52 Å². The molecule has 1 saturated heterocycles. The first kappa shape index (κ1) is 17.9. The van der Waals surface area contributed by atoms with Gasteiger partial charge in [-0.25, -0.2) is 0 Å². The molecule has 1 N–H and O–H groups in total. The highest BCUT2D eigenvalue weighted by molar-refractivity contribution is 5.82. The van der Waals surface area contributed by atoms with Gasteiger partial charge in [0.15, 0.2) is 5.82 Å². The minimum Gasteiger partial charge on any atom is -0.339 e. The molecular weight excluding hydrogens is 294 g/mol. The number of aromatic nitrogens is 2. The Balaban J connectivity index is 1.84. The zero-order valence-electron chi connectivity index (χ0n) is 14.9. The number of carbonyl (C=O) groups is 1. The molecule has 1 amide bonds. The van der Waals surface area contributed by atoms with Crippen LogP contribution in [0.3, 0.4) is 0 Å². The minimum atomic E-state index is -0.111. The van der Waals surface area contributed by atoms with Crippen LogP contribution in [0, 0.1) is 12.3 Å². The van der Waals surface area contributed by atoms with E-state index in [-0.39, 0.29) is 17.4 Å². The number of rotatable bonds is 5. The van der Waals surface area contributed by atoms with Crippen molar-refractivity contribution >= 4 is 5.91 Å². The number of hydrogen-bond acceptors (Lipinski definition) is 6. The van der Waals surface area contributed by atoms with E-state index in [1.165, 1.54) is 0 Å². The zero-order valence-corrected chi connectivity index (χ0v) is 14.9. The number of piperazine rings is 1. The lowest BCUT2D eigenvalue weighted by Gasteiger charge is -2.36. The molecule has 0 saturated carbocycles. The van der Waals surface area contributed by atoms with Crippen LogP contribution < -0.4 is 5.32 Å². The summed E-state index contributed by atoms with van der Waals surface area (Å²) in [6, 6.07) is -0.111. The molecule has 2 heterocycles. The molecule has 0 aliphatic carbocycles. The lowest BCUT2D eigenvalue weighted by molar-refractivity contribution is -0.136. The van der Waals surface area contributed by atoms with Crippen LogP contribution in [0.25, 0.3) is 0 Å². The molecule has 7 heteroatoms. The molecule has 0 spiro atoms. The smallest absolute Gasteiger partial charge is 0.240 e. The first-order valence-corrected chi connectivity index (χ1v) is 8.26. The SMILES string of the molecule is CNC(CC(C)(C)C)C(=O)N1CCN(Cc2nc(C)no2)CC1. The van der Waals surface area contributed by atoms with Crippen molar-refractivity contribution in [3.63, 3.8) is 0 Å². The molecule has 1 unspecified atom stereocenters. The Morgan fingerprint density at radius 2 is 1.96 bits per heavy atom. The van der Waals surface area contributed by atoms with Gasteiger partial charge in [-0.1, -0.05) is 25.9 Å². The molecule has 2 rings (SSSR count). The summed E-state index contributed by atoms with van der Waals surface area (Å²) in [6.07, 6.45) is 0.837. The Labute approximate surface area is 138 Å². The summed E-state index contributed by atoms with van der Waals surface area (Å²) in [7, 11) is 1.86. The Kier molecular flexibility index (Phi) is 5.75. The standard InChI is InChI=1S/C16H29N5O2/c1-12-18-14(23-19-12)11-20-6-8-21(9-7-20)15(22)13(17-5)10-16(2,3)4/h13,17H,6-11H2,1-5H3. The highest BCUT2D eigenvalue weighted by Gasteiger charge is 2.29. The van der Waals surface area contributed by atoms with Gasteiger partial charge in [-0.05, 0) is 25.8 Å². The summed E-state index contributed by atoms with van der Waals surface area (Å²) in [6.45, 7) is 12.1. The van der Waals surface area contributed by atoms with Gasteiger partial charge in [-0.2, -0.15) is 4.98 Å². The topological polar surface area (TPSA) is 74.5 Å². The Morgan fingerprint density at radius 3 is 2.43 bits per heavy atom. The van der Waals surface area contributed by atoms with Crippen molar-refractivity contribution in [2.24, 2.45) is 5.41 Å². The Morgan fingerprint density at radius 1 is 1.30 bits per heavy atom. The van der Waals surface area contributed by atoms with E-state index in [0.717, 1.165) is 32.6 Å². The van der Waals surface area contributed by atoms with Crippen LogP contribution in [0.4, 0.5) is 0 Å². The number of likely N-dealkylation sites (N-methyl/N-ethyl adjacent to an activating group) is 1. The van der Waals surface area contributed by atoms with Crippen molar-refractivity contribution in [1.29, 1.82) is 0 Å². The largest absolute Gasteiger partial charge is 0.339 e. The lowest BCUT2D eigenvalue weighted by atomic mass is 9.87. The second kappa shape index (κ2) is 7.40. The number of nitrogens with zero attached hydrogens (tertiary/aromatic N) is 4. The minimum absolute atomic E-state index is 0.111.